The van der Waals surface area contributed by atoms with Crippen molar-refractivity contribution in [2.24, 2.45) is 0 Å². The number of nitrogens with zero attached hydrogens (tertiary/aromatic N) is 1. The third kappa shape index (κ3) is 4.24. The van der Waals surface area contributed by atoms with Crippen LogP contribution in [0.5, 0.6) is 10.8 Å². The van der Waals surface area contributed by atoms with Crippen LogP contribution in [0.3, 0.4) is 0 Å². The van der Waals surface area contributed by atoms with E-state index >= 15 is 0 Å². The van der Waals surface area contributed by atoms with Gasteiger partial charge in [0.2, 0.25) is 10.0 Å². The van der Waals surface area contributed by atoms with Gasteiger partial charge in [0.15, 0.2) is 5.06 Å². The molecule has 1 saturated heterocycles. The zero-order chi connectivity index (χ0) is 19.4. The first-order valence-corrected chi connectivity index (χ1v) is 10.6. The van der Waals surface area contributed by atoms with Crippen molar-refractivity contribution in [2.45, 2.75) is 23.8 Å². The van der Waals surface area contributed by atoms with Gasteiger partial charge in [-0.1, -0.05) is 29.5 Å². The largest absolute Gasteiger partial charge is 0.490 e. The van der Waals surface area contributed by atoms with Crippen LogP contribution in [-0.2, 0) is 10.0 Å². The molecule has 1 aromatic heterocycles. The molecular weight excluding hydrogens is 392 g/mol. The molecule has 2 N–H and O–H groups in total. The number of sulfonamides is 1. The molecule has 146 valence electrons. The number of rotatable bonds is 6. The Bertz CT molecular complexity index is 889. The lowest BCUT2D eigenvalue weighted by Crippen LogP contribution is -2.42. The number of amides is 1. The first-order valence-electron chi connectivity index (χ1n) is 8.30. The Morgan fingerprint density at radius 2 is 1.93 bits per heavy atom. The number of carbonyl (C=O) groups excluding carboxylic acids is 1. The van der Waals surface area contributed by atoms with Crippen molar-refractivity contribution in [2.75, 3.05) is 20.2 Å². The SMILES string of the molecule is COc1cc(S(=O)(=O)N2CCC(Oc3ccccc3)CC2)c(C(=O)NO)s1. The van der Waals surface area contributed by atoms with Crippen LogP contribution in [0.4, 0.5) is 0 Å². The standard InChI is InChI=1S/C17H20N2O6S2/c1-24-15-11-14(16(26-15)17(20)18-21)27(22,23)19-9-7-13(8-10-19)25-12-5-3-2-4-6-12/h2-6,11,13,21H,7-10H2,1H3,(H,18,20). The molecule has 2 aromatic rings. The summed E-state index contributed by atoms with van der Waals surface area (Å²) in [5.41, 5.74) is 1.48. The molecule has 1 fully saturated rings. The monoisotopic (exact) mass is 412 g/mol. The van der Waals surface area contributed by atoms with Crippen molar-refractivity contribution in [3.8, 4) is 10.8 Å². The van der Waals surface area contributed by atoms with Gasteiger partial charge < -0.3 is 9.47 Å². The Labute approximate surface area is 161 Å². The van der Waals surface area contributed by atoms with Gasteiger partial charge in [-0.05, 0) is 25.0 Å². The molecule has 0 atom stereocenters. The van der Waals surface area contributed by atoms with Crippen LogP contribution < -0.4 is 15.0 Å². The van der Waals surface area contributed by atoms with Crippen LogP contribution >= 0.6 is 11.3 Å². The molecule has 1 aliphatic heterocycles. The van der Waals surface area contributed by atoms with E-state index in [0.29, 0.717) is 12.8 Å². The highest BCUT2D eigenvalue weighted by Crippen LogP contribution is 2.35. The molecule has 1 aromatic carbocycles. The lowest BCUT2D eigenvalue weighted by Gasteiger charge is -2.31. The van der Waals surface area contributed by atoms with Crippen molar-refractivity contribution in [1.82, 2.24) is 9.79 Å². The maximum Gasteiger partial charge on any atom is 0.286 e. The van der Waals surface area contributed by atoms with E-state index in [0.717, 1.165) is 17.1 Å². The van der Waals surface area contributed by atoms with Crippen molar-refractivity contribution >= 4 is 27.3 Å². The predicted octanol–water partition coefficient (Wildman–Crippen LogP) is 2.11. The first-order chi connectivity index (χ1) is 13.0. The lowest BCUT2D eigenvalue weighted by molar-refractivity contribution is 0.0707. The number of hydrogen-bond acceptors (Lipinski definition) is 7. The Balaban J connectivity index is 1.73. The zero-order valence-corrected chi connectivity index (χ0v) is 16.3. The van der Waals surface area contributed by atoms with E-state index < -0.39 is 15.9 Å². The summed E-state index contributed by atoms with van der Waals surface area (Å²) >= 11 is 0.861. The van der Waals surface area contributed by atoms with Gasteiger partial charge >= 0.3 is 0 Å². The fourth-order valence-corrected chi connectivity index (χ4v) is 5.70. The first kappa shape index (κ1) is 19.6. The summed E-state index contributed by atoms with van der Waals surface area (Å²) in [7, 11) is -2.51. The number of piperidine rings is 1. The third-order valence-corrected chi connectivity index (χ3v) is 7.40. The molecule has 3 rings (SSSR count). The smallest absolute Gasteiger partial charge is 0.286 e. The molecule has 0 saturated carbocycles. The molecule has 0 bridgehead atoms. The fourth-order valence-electron chi connectivity index (χ4n) is 2.88. The Morgan fingerprint density at radius 3 is 2.52 bits per heavy atom. The number of methoxy groups -OCH3 is 1. The number of ether oxygens (including phenoxy) is 2. The molecule has 27 heavy (non-hydrogen) atoms. The molecule has 0 spiro atoms. The minimum Gasteiger partial charge on any atom is -0.490 e. The van der Waals surface area contributed by atoms with Gasteiger partial charge in [-0.3, -0.25) is 10.0 Å². The van der Waals surface area contributed by atoms with Crippen LogP contribution in [0.15, 0.2) is 41.3 Å². The number of carbonyl (C=O) groups is 1. The molecule has 10 heteroatoms. The van der Waals surface area contributed by atoms with Gasteiger partial charge in [0.1, 0.15) is 21.6 Å². The number of hydroxylamine groups is 1. The van der Waals surface area contributed by atoms with Gasteiger partial charge in [0.05, 0.1) is 7.11 Å². The van der Waals surface area contributed by atoms with E-state index in [2.05, 4.69) is 0 Å². The minimum atomic E-state index is -3.90. The molecule has 2 heterocycles. The van der Waals surface area contributed by atoms with Gasteiger partial charge in [0.25, 0.3) is 5.91 Å². The minimum absolute atomic E-state index is 0.0731. The van der Waals surface area contributed by atoms with Crippen LogP contribution in [0.25, 0.3) is 0 Å². The predicted molar refractivity (Wildman–Crippen MR) is 99.0 cm³/mol. The number of thiophene rings is 1. The average molecular weight is 412 g/mol. The Morgan fingerprint density at radius 1 is 1.26 bits per heavy atom. The third-order valence-electron chi connectivity index (χ3n) is 4.25. The van der Waals surface area contributed by atoms with E-state index in [1.807, 2.05) is 30.3 Å². The zero-order valence-electron chi connectivity index (χ0n) is 14.6. The summed E-state index contributed by atoms with van der Waals surface area (Å²) in [6.07, 6.45) is 1.00. The van der Waals surface area contributed by atoms with E-state index in [1.54, 1.807) is 0 Å². The highest BCUT2D eigenvalue weighted by molar-refractivity contribution is 7.89. The molecule has 0 radical (unpaired) electrons. The maximum atomic E-state index is 13.0. The summed E-state index contributed by atoms with van der Waals surface area (Å²) in [5.74, 6) is -0.132. The summed E-state index contributed by atoms with van der Waals surface area (Å²) in [5, 5.41) is 9.16. The highest BCUT2D eigenvalue weighted by Gasteiger charge is 2.34. The van der Waals surface area contributed by atoms with Crippen LogP contribution in [0, 0.1) is 0 Å². The van der Waals surface area contributed by atoms with E-state index in [9.17, 15) is 13.2 Å². The van der Waals surface area contributed by atoms with Gasteiger partial charge in [-0.2, -0.15) is 4.31 Å². The Kier molecular flexibility index (Phi) is 6.00. The van der Waals surface area contributed by atoms with Crippen LogP contribution in [0.1, 0.15) is 22.5 Å². The summed E-state index contributed by atoms with van der Waals surface area (Å²) in [4.78, 5) is 11.6. The fraction of sp³-hybridized carbons (Fsp3) is 0.353. The van der Waals surface area contributed by atoms with Crippen molar-refractivity contribution in [3.05, 3.63) is 41.3 Å². The lowest BCUT2D eigenvalue weighted by atomic mass is 10.1. The van der Waals surface area contributed by atoms with Crippen molar-refractivity contribution < 1.29 is 27.9 Å². The second-order valence-electron chi connectivity index (χ2n) is 5.94. The normalized spacial score (nSPS) is 16.1. The van der Waals surface area contributed by atoms with Crippen LogP contribution in [-0.4, -0.2) is 50.1 Å². The molecule has 1 aliphatic rings. The number of benzene rings is 1. The second kappa shape index (κ2) is 8.26. The number of hydrogen-bond donors (Lipinski definition) is 2. The van der Waals surface area contributed by atoms with Crippen molar-refractivity contribution in [3.63, 3.8) is 0 Å². The van der Waals surface area contributed by atoms with E-state index in [-0.39, 0.29) is 34.0 Å². The van der Waals surface area contributed by atoms with Gasteiger partial charge in [0, 0.05) is 19.2 Å². The Hall–Kier alpha value is -2.14. The maximum absolute atomic E-state index is 13.0. The number of para-hydroxylation sites is 1. The molecule has 0 aliphatic carbocycles. The topological polar surface area (TPSA) is 105 Å². The van der Waals surface area contributed by atoms with E-state index in [4.69, 9.17) is 14.7 Å². The highest BCUT2D eigenvalue weighted by atomic mass is 32.2. The van der Waals surface area contributed by atoms with Gasteiger partial charge in [-0.25, -0.2) is 13.9 Å². The molecule has 1 amide bonds. The summed E-state index contributed by atoms with van der Waals surface area (Å²) in [6, 6.07) is 10.7. The number of nitrogens with one attached hydrogen (secondary N) is 1. The van der Waals surface area contributed by atoms with Crippen molar-refractivity contribution in [1.29, 1.82) is 0 Å². The summed E-state index contributed by atoms with van der Waals surface area (Å²) in [6.45, 7) is 0.552. The quantitative estimate of drug-likeness (QED) is 0.556. The van der Waals surface area contributed by atoms with Gasteiger partial charge in [-0.15, -0.1) is 0 Å². The van der Waals surface area contributed by atoms with Crippen LogP contribution in [0.2, 0.25) is 0 Å². The second-order valence-corrected chi connectivity index (χ2v) is 8.86. The molecule has 8 nitrogen and oxygen atoms in total. The molecule has 0 unspecified atom stereocenters. The average Bonchev–Trinajstić information content (AvgIpc) is 3.14. The molecular formula is C17H20N2O6S2. The van der Waals surface area contributed by atoms with E-state index in [1.165, 1.54) is 23.0 Å². The summed E-state index contributed by atoms with van der Waals surface area (Å²) < 4.78 is 38.3.